The molecule has 6 nitrogen and oxygen atoms in total. The smallest absolute Gasteiger partial charge is 0.234 e. The van der Waals surface area contributed by atoms with Gasteiger partial charge in [0.1, 0.15) is 11.6 Å². The SMILES string of the molecule is CC(C)c1nnc(SCC(=O)Nc2ccc(F)c(Cl)c2)n1CC1CCCO1. The van der Waals surface area contributed by atoms with Crippen molar-refractivity contribution in [2.75, 3.05) is 17.7 Å². The number of thioether (sulfide) groups is 1. The lowest BCUT2D eigenvalue weighted by Crippen LogP contribution is -2.19. The molecule has 1 atom stereocenters. The summed E-state index contributed by atoms with van der Waals surface area (Å²) < 4.78 is 21.0. The van der Waals surface area contributed by atoms with E-state index in [1.807, 2.05) is 4.57 Å². The molecule has 27 heavy (non-hydrogen) atoms. The number of nitrogens with zero attached hydrogens (tertiary/aromatic N) is 3. The molecule has 1 unspecified atom stereocenters. The molecule has 1 aromatic heterocycles. The van der Waals surface area contributed by atoms with Gasteiger partial charge in [0.25, 0.3) is 0 Å². The second-order valence-electron chi connectivity index (χ2n) is 6.71. The Balaban J connectivity index is 1.64. The zero-order valence-corrected chi connectivity index (χ0v) is 16.8. The minimum Gasteiger partial charge on any atom is -0.376 e. The highest BCUT2D eigenvalue weighted by atomic mass is 35.5. The Morgan fingerprint density at radius 3 is 2.96 bits per heavy atom. The molecular formula is C18H22ClFN4O2S. The predicted molar refractivity (Wildman–Crippen MR) is 104 cm³/mol. The molecule has 1 amide bonds. The molecule has 0 saturated carbocycles. The van der Waals surface area contributed by atoms with Crippen LogP contribution in [0.15, 0.2) is 23.4 Å². The number of hydrogen-bond donors (Lipinski definition) is 1. The van der Waals surface area contributed by atoms with Crippen molar-refractivity contribution >= 4 is 35.0 Å². The summed E-state index contributed by atoms with van der Waals surface area (Å²) in [6.07, 6.45) is 2.24. The number of ether oxygens (including phenoxy) is 1. The van der Waals surface area contributed by atoms with Gasteiger partial charge >= 0.3 is 0 Å². The topological polar surface area (TPSA) is 69.0 Å². The number of benzene rings is 1. The van der Waals surface area contributed by atoms with Gasteiger partial charge in [0.05, 0.1) is 23.4 Å². The maximum Gasteiger partial charge on any atom is 0.234 e. The van der Waals surface area contributed by atoms with Crippen molar-refractivity contribution in [1.82, 2.24) is 14.8 Å². The molecule has 146 valence electrons. The summed E-state index contributed by atoms with van der Waals surface area (Å²) in [6.45, 7) is 5.61. The van der Waals surface area contributed by atoms with Crippen LogP contribution in [-0.4, -0.2) is 39.1 Å². The van der Waals surface area contributed by atoms with Crippen LogP contribution in [0.1, 0.15) is 38.4 Å². The second-order valence-corrected chi connectivity index (χ2v) is 8.06. The zero-order valence-electron chi connectivity index (χ0n) is 15.2. The molecule has 1 aliphatic heterocycles. The van der Waals surface area contributed by atoms with E-state index >= 15 is 0 Å². The zero-order chi connectivity index (χ0) is 19.4. The Bertz CT molecular complexity index is 809. The Morgan fingerprint density at radius 1 is 1.48 bits per heavy atom. The second kappa shape index (κ2) is 9.03. The number of carbonyl (C=O) groups is 1. The van der Waals surface area contributed by atoms with Gasteiger partial charge in [0.15, 0.2) is 5.16 Å². The average Bonchev–Trinajstić information content (AvgIpc) is 3.27. The summed E-state index contributed by atoms with van der Waals surface area (Å²) in [5.41, 5.74) is 0.454. The van der Waals surface area contributed by atoms with Crippen LogP contribution in [0, 0.1) is 5.82 Å². The number of rotatable bonds is 7. The summed E-state index contributed by atoms with van der Waals surface area (Å²) >= 11 is 7.06. The van der Waals surface area contributed by atoms with Crippen LogP contribution in [0.25, 0.3) is 0 Å². The minimum atomic E-state index is -0.521. The highest BCUT2D eigenvalue weighted by molar-refractivity contribution is 7.99. The number of aromatic nitrogens is 3. The third kappa shape index (κ3) is 5.21. The van der Waals surface area contributed by atoms with Gasteiger partial charge in [0, 0.05) is 18.2 Å². The van der Waals surface area contributed by atoms with Crippen molar-refractivity contribution in [3.05, 3.63) is 34.9 Å². The number of carbonyl (C=O) groups excluding carboxylic acids is 1. The number of anilines is 1. The maximum absolute atomic E-state index is 13.2. The Morgan fingerprint density at radius 2 is 2.30 bits per heavy atom. The minimum absolute atomic E-state index is 0.0293. The van der Waals surface area contributed by atoms with Crippen molar-refractivity contribution in [3.63, 3.8) is 0 Å². The van der Waals surface area contributed by atoms with Crippen molar-refractivity contribution in [2.45, 2.75) is 50.4 Å². The predicted octanol–water partition coefficient (Wildman–Crippen LogP) is 4.10. The van der Waals surface area contributed by atoms with Gasteiger partial charge in [-0.3, -0.25) is 4.79 Å². The fraction of sp³-hybridized carbons (Fsp3) is 0.500. The maximum atomic E-state index is 13.2. The first-order valence-electron chi connectivity index (χ1n) is 8.86. The first-order valence-corrected chi connectivity index (χ1v) is 10.2. The van der Waals surface area contributed by atoms with E-state index in [4.69, 9.17) is 16.3 Å². The summed E-state index contributed by atoms with van der Waals surface area (Å²) in [5.74, 6) is 0.534. The van der Waals surface area contributed by atoms with E-state index in [1.54, 1.807) is 0 Å². The fourth-order valence-corrected chi connectivity index (χ4v) is 3.83. The number of nitrogens with one attached hydrogen (secondary N) is 1. The van der Waals surface area contributed by atoms with Crippen molar-refractivity contribution in [2.24, 2.45) is 0 Å². The largest absolute Gasteiger partial charge is 0.376 e. The number of hydrogen-bond acceptors (Lipinski definition) is 5. The first kappa shape index (κ1) is 20.1. The van der Waals surface area contributed by atoms with Gasteiger partial charge in [0.2, 0.25) is 5.91 Å². The first-order chi connectivity index (χ1) is 12.9. The molecule has 2 aromatic rings. The van der Waals surface area contributed by atoms with E-state index in [0.29, 0.717) is 17.4 Å². The molecule has 1 fully saturated rings. The molecular weight excluding hydrogens is 391 g/mol. The summed E-state index contributed by atoms with van der Waals surface area (Å²) in [5, 5.41) is 11.9. The fourth-order valence-electron chi connectivity index (χ4n) is 2.90. The van der Waals surface area contributed by atoms with E-state index in [0.717, 1.165) is 25.3 Å². The van der Waals surface area contributed by atoms with Crippen molar-refractivity contribution in [1.29, 1.82) is 0 Å². The molecule has 0 bridgehead atoms. The molecule has 0 aliphatic carbocycles. The molecule has 9 heteroatoms. The van der Waals surface area contributed by atoms with E-state index in [1.165, 1.54) is 30.0 Å². The lowest BCUT2D eigenvalue weighted by Gasteiger charge is -2.16. The summed E-state index contributed by atoms with van der Waals surface area (Å²) in [4.78, 5) is 12.2. The van der Waals surface area contributed by atoms with Crippen LogP contribution in [0.5, 0.6) is 0 Å². The van der Waals surface area contributed by atoms with Crippen LogP contribution >= 0.6 is 23.4 Å². The van der Waals surface area contributed by atoms with Crippen molar-refractivity contribution in [3.8, 4) is 0 Å². The molecule has 1 N–H and O–H groups in total. The lowest BCUT2D eigenvalue weighted by atomic mass is 10.2. The van der Waals surface area contributed by atoms with Gasteiger partial charge in [-0.05, 0) is 31.0 Å². The third-order valence-electron chi connectivity index (χ3n) is 4.21. The van der Waals surface area contributed by atoms with Crippen LogP contribution < -0.4 is 5.32 Å². The van der Waals surface area contributed by atoms with Gasteiger partial charge < -0.3 is 14.6 Å². The van der Waals surface area contributed by atoms with Gasteiger partial charge in [-0.1, -0.05) is 37.2 Å². The monoisotopic (exact) mass is 412 g/mol. The molecule has 3 rings (SSSR count). The molecule has 0 spiro atoms. The Hall–Kier alpha value is -1.64. The van der Waals surface area contributed by atoms with E-state index in [2.05, 4.69) is 29.4 Å². The standard InChI is InChI=1S/C18H22ClFN4O2S/c1-11(2)17-22-23-18(24(17)9-13-4-3-7-26-13)27-10-16(25)21-12-5-6-15(20)14(19)8-12/h5-6,8,11,13H,3-4,7,9-10H2,1-2H3,(H,21,25). The van der Waals surface area contributed by atoms with E-state index < -0.39 is 5.82 Å². The Kier molecular flexibility index (Phi) is 6.73. The summed E-state index contributed by atoms with van der Waals surface area (Å²) in [6, 6.07) is 4.08. The van der Waals surface area contributed by atoms with Gasteiger partial charge in [-0.2, -0.15) is 0 Å². The quantitative estimate of drug-likeness (QED) is 0.693. The molecule has 1 saturated heterocycles. The van der Waals surface area contributed by atoms with Crippen LogP contribution in [0.3, 0.4) is 0 Å². The van der Waals surface area contributed by atoms with Crippen LogP contribution in [-0.2, 0) is 16.1 Å². The third-order valence-corrected chi connectivity index (χ3v) is 5.46. The highest BCUT2D eigenvalue weighted by Gasteiger charge is 2.22. The van der Waals surface area contributed by atoms with Gasteiger partial charge in [-0.15, -0.1) is 10.2 Å². The molecule has 1 aliphatic rings. The average molecular weight is 413 g/mol. The van der Waals surface area contributed by atoms with Gasteiger partial charge in [-0.25, -0.2) is 4.39 Å². The number of amides is 1. The highest BCUT2D eigenvalue weighted by Crippen LogP contribution is 2.25. The van der Waals surface area contributed by atoms with Crippen LogP contribution in [0.4, 0.5) is 10.1 Å². The molecule has 1 aromatic carbocycles. The molecule has 2 heterocycles. The van der Waals surface area contributed by atoms with Crippen molar-refractivity contribution < 1.29 is 13.9 Å². The molecule has 0 radical (unpaired) electrons. The van der Waals surface area contributed by atoms with E-state index in [-0.39, 0.29) is 28.7 Å². The van der Waals surface area contributed by atoms with Crippen LogP contribution in [0.2, 0.25) is 5.02 Å². The Labute approximate surface area is 166 Å². The summed E-state index contributed by atoms with van der Waals surface area (Å²) in [7, 11) is 0. The number of halogens is 2. The normalized spacial score (nSPS) is 16.9. The lowest BCUT2D eigenvalue weighted by molar-refractivity contribution is -0.113. The van der Waals surface area contributed by atoms with E-state index in [9.17, 15) is 9.18 Å².